The van der Waals surface area contributed by atoms with E-state index in [1.165, 1.54) is 23.0 Å². The summed E-state index contributed by atoms with van der Waals surface area (Å²) in [5.41, 5.74) is 10.7. The molecule has 11 heteroatoms. The van der Waals surface area contributed by atoms with E-state index in [4.69, 9.17) is 10.5 Å². The van der Waals surface area contributed by atoms with Crippen LogP contribution in [-0.4, -0.2) is 14.8 Å². The normalized spacial score (nSPS) is 10.8. The van der Waals surface area contributed by atoms with Crippen LogP contribution in [0.3, 0.4) is 0 Å². The summed E-state index contributed by atoms with van der Waals surface area (Å²) in [6.07, 6.45) is 3.97. The Balaban J connectivity index is 0.000000299. The summed E-state index contributed by atoms with van der Waals surface area (Å²) in [5.74, 6) is 0. The van der Waals surface area contributed by atoms with Gasteiger partial charge < -0.3 is 0 Å². The molecule has 1 heterocycles. The third-order valence-electron chi connectivity index (χ3n) is 10.2. The van der Waals surface area contributed by atoms with Crippen molar-refractivity contribution in [2.45, 2.75) is 128 Å². The summed E-state index contributed by atoms with van der Waals surface area (Å²) in [4.78, 5) is 3.94. The minimum atomic E-state index is -0.612. The van der Waals surface area contributed by atoms with Gasteiger partial charge in [0.2, 0.25) is 0 Å². The van der Waals surface area contributed by atoms with Crippen LogP contribution in [-0.2, 0) is 51.7 Å². The molecule has 0 spiro atoms. The molecule has 63 heavy (non-hydrogen) atoms. The molecular formula is C52H57Br2N9. The number of halogens is 2. The molecule has 9 nitrogen and oxygen atoms in total. The number of nitriles is 6. The fourth-order valence-electron chi connectivity index (χ4n) is 6.21. The van der Waals surface area contributed by atoms with E-state index in [2.05, 4.69) is 103 Å². The van der Waals surface area contributed by atoms with Crippen LogP contribution in [0.5, 0.6) is 0 Å². The molecule has 0 unspecified atom stereocenters. The summed E-state index contributed by atoms with van der Waals surface area (Å²) in [7, 11) is 0. The summed E-state index contributed by atoms with van der Waals surface area (Å²) in [5, 5.41) is 60.2. The van der Waals surface area contributed by atoms with Gasteiger partial charge in [0.1, 0.15) is 12.7 Å². The van der Waals surface area contributed by atoms with Gasteiger partial charge in [-0.05, 0) is 126 Å². The van der Waals surface area contributed by atoms with Crippen molar-refractivity contribution in [2.75, 3.05) is 0 Å². The maximum absolute atomic E-state index is 9.40. The van der Waals surface area contributed by atoms with Crippen LogP contribution < -0.4 is 0 Å². The highest BCUT2D eigenvalue weighted by Gasteiger charge is 2.27. The molecule has 0 saturated carbocycles. The van der Waals surface area contributed by atoms with Gasteiger partial charge in [0.25, 0.3) is 0 Å². The number of aromatic nitrogens is 3. The van der Waals surface area contributed by atoms with E-state index < -0.39 is 21.7 Å². The molecule has 4 aromatic carbocycles. The van der Waals surface area contributed by atoms with Crippen molar-refractivity contribution in [3.63, 3.8) is 0 Å². The first-order chi connectivity index (χ1) is 29.5. The highest BCUT2D eigenvalue weighted by atomic mass is 79.9. The molecule has 5 rings (SSSR count). The second kappa shape index (κ2) is 23.9. The predicted molar refractivity (Wildman–Crippen MR) is 258 cm³/mol. The van der Waals surface area contributed by atoms with E-state index >= 15 is 0 Å². The number of rotatable bonds is 10. The molecule has 0 N–H and O–H groups in total. The van der Waals surface area contributed by atoms with Gasteiger partial charge >= 0.3 is 0 Å². The Morgan fingerprint density at radius 1 is 0.460 bits per heavy atom. The maximum atomic E-state index is 9.40. The third kappa shape index (κ3) is 16.6. The number of hydrogen-bond donors (Lipinski definition) is 0. The summed E-state index contributed by atoms with van der Waals surface area (Å²) < 4.78 is 1.72. The highest BCUT2D eigenvalue weighted by molar-refractivity contribution is 9.08. The van der Waals surface area contributed by atoms with Crippen LogP contribution in [0.2, 0.25) is 0 Å². The molecule has 0 amide bonds. The van der Waals surface area contributed by atoms with Gasteiger partial charge in [-0.2, -0.15) is 36.7 Å². The third-order valence-corrected chi connectivity index (χ3v) is 11.4. The lowest BCUT2D eigenvalue weighted by Crippen LogP contribution is -2.20. The number of aryl methyl sites for hydroxylation is 3. The van der Waals surface area contributed by atoms with Crippen molar-refractivity contribution >= 4 is 31.9 Å². The van der Waals surface area contributed by atoms with E-state index in [1.807, 2.05) is 124 Å². The minimum absolute atomic E-state index is 0.417. The van der Waals surface area contributed by atoms with Crippen LogP contribution in [0.25, 0.3) is 0 Å². The van der Waals surface area contributed by atoms with Crippen LogP contribution in [0.1, 0.15) is 122 Å². The molecule has 0 saturated heterocycles. The van der Waals surface area contributed by atoms with Gasteiger partial charge in [-0.15, -0.1) is 0 Å². The van der Waals surface area contributed by atoms with Gasteiger partial charge in [0, 0.05) is 10.7 Å². The zero-order chi connectivity index (χ0) is 47.6. The molecule has 0 radical (unpaired) electrons. The second-order valence-corrected chi connectivity index (χ2v) is 18.8. The van der Waals surface area contributed by atoms with Crippen molar-refractivity contribution in [1.29, 1.82) is 31.6 Å². The largest absolute Gasteiger partial charge is 0.249 e. The van der Waals surface area contributed by atoms with Gasteiger partial charge in [0.05, 0.1) is 77.5 Å². The number of benzene rings is 4. The van der Waals surface area contributed by atoms with E-state index in [0.29, 0.717) is 19.4 Å². The van der Waals surface area contributed by atoms with Crippen LogP contribution in [0.4, 0.5) is 0 Å². The predicted octanol–water partition coefficient (Wildman–Crippen LogP) is 12.4. The van der Waals surface area contributed by atoms with Crippen LogP contribution in [0, 0.1) is 88.8 Å². The average molecular weight is 968 g/mol. The maximum Gasteiger partial charge on any atom is 0.137 e. The monoisotopic (exact) mass is 965 g/mol. The fraction of sp³-hybridized carbons (Fsp3) is 0.385. The fourth-order valence-corrected chi connectivity index (χ4v) is 6.85. The Morgan fingerprint density at radius 2 is 0.794 bits per heavy atom. The zero-order valence-corrected chi connectivity index (χ0v) is 41.6. The smallest absolute Gasteiger partial charge is 0.137 e. The lowest BCUT2D eigenvalue weighted by Gasteiger charge is -2.23. The standard InChI is InChI=1S/C17H19N5.C15H18N2.C11H10N2.C9H10Br2/c1-16(2,9-18)14-5-13(8-22-12-20-11-21-22)6-15(7-14)17(3,4)10-19;1-11-6-12(14(2,3)9-16)8-13(7-11)15(4,5)10-17;1-9-6-10(2-4-12)8-11(7-9)3-5-13;1-7-2-8(5-10)4-9(3-7)6-11/h5-7,11-12H,8H2,1-4H3;6-8H,1-5H3;6-8H,2-3H2,1H3;2-4H,5-6H2,1H3. The van der Waals surface area contributed by atoms with Crippen LogP contribution in [0.15, 0.2) is 85.5 Å². The van der Waals surface area contributed by atoms with Crippen LogP contribution >= 0.6 is 31.9 Å². The summed E-state index contributed by atoms with van der Waals surface area (Å²) in [6, 6.07) is 37.9. The average Bonchev–Trinajstić information content (AvgIpc) is 3.76. The molecule has 5 aromatic rings. The van der Waals surface area contributed by atoms with E-state index in [1.54, 1.807) is 11.0 Å². The van der Waals surface area contributed by atoms with E-state index in [0.717, 1.165) is 60.7 Å². The lowest BCUT2D eigenvalue weighted by atomic mass is 9.79. The first kappa shape index (κ1) is 53.1. The summed E-state index contributed by atoms with van der Waals surface area (Å²) >= 11 is 6.88. The molecule has 324 valence electrons. The summed E-state index contributed by atoms with van der Waals surface area (Å²) in [6.45, 7) is 21.7. The topological polar surface area (TPSA) is 173 Å². The number of nitrogens with zero attached hydrogens (tertiary/aromatic N) is 9. The first-order valence-corrected chi connectivity index (χ1v) is 22.6. The Kier molecular flexibility index (Phi) is 20.2. The van der Waals surface area contributed by atoms with Crippen molar-refractivity contribution in [3.8, 4) is 36.4 Å². The molecule has 1 aromatic heterocycles. The van der Waals surface area contributed by atoms with E-state index in [-0.39, 0.29) is 0 Å². The molecule has 0 bridgehead atoms. The first-order valence-electron chi connectivity index (χ1n) is 20.3. The molecule has 0 aliphatic heterocycles. The van der Waals surface area contributed by atoms with Crippen molar-refractivity contribution < 1.29 is 0 Å². The van der Waals surface area contributed by atoms with Gasteiger partial charge in [0.15, 0.2) is 0 Å². The van der Waals surface area contributed by atoms with Gasteiger partial charge in [-0.3, -0.25) is 0 Å². The van der Waals surface area contributed by atoms with E-state index in [9.17, 15) is 21.0 Å². The SMILES string of the molecule is CC(C)(C#N)c1cc(Cn2cncn2)cc(C(C)(C)C#N)c1.Cc1cc(C(C)(C)C#N)cc(C(C)(C)C#N)c1.Cc1cc(CBr)cc(CBr)c1.Cc1cc(CC#N)cc(CC#N)c1. The van der Waals surface area contributed by atoms with Crippen molar-refractivity contribution in [3.05, 3.63) is 152 Å². The number of hydrogen-bond acceptors (Lipinski definition) is 8. The number of alkyl halides is 2. The molecule has 0 fully saturated rings. The molecule has 0 aliphatic carbocycles. The molecule has 0 aliphatic rings. The minimum Gasteiger partial charge on any atom is -0.249 e. The quantitative estimate of drug-likeness (QED) is 0.124. The molecular weight excluding hydrogens is 910 g/mol. The van der Waals surface area contributed by atoms with Crippen molar-refractivity contribution in [2.24, 2.45) is 0 Å². The molecule has 0 atom stereocenters. The second-order valence-electron chi connectivity index (χ2n) is 17.6. The Bertz CT molecular complexity index is 2430. The van der Waals surface area contributed by atoms with Gasteiger partial charge in [-0.25, -0.2) is 9.67 Å². The van der Waals surface area contributed by atoms with Gasteiger partial charge in [-0.1, -0.05) is 121 Å². The van der Waals surface area contributed by atoms with Crippen molar-refractivity contribution in [1.82, 2.24) is 14.8 Å². The lowest BCUT2D eigenvalue weighted by molar-refractivity contribution is 0.646. The Labute approximate surface area is 392 Å². The Hall–Kier alpha value is -6.08. The highest BCUT2D eigenvalue weighted by Crippen LogP contribution is 2.32. The Morgan fingerprint density at radius 3 is 1.11 bits per heavy atom. The zero-order valence-electron chi connectivity index (χ0n) is 38.4.